The maximum Gasteiger partial charge on any atom is 0.263 e. The molecule has 5 aromatic rings. The average molecular weight is 500 g/mol. The Kier molecular flexibility index (Phi) is 5.70. The standard InChI is InChI=1S/C26H23BClN5OS/c27-19-15-29-33-24(14-21(31-25(19)33)18-6-2-3-7-20(18)28)30-17-9-11-32(12-10-17)26(34)23-13-16-5-1-4-8-22(16)35-23/h1-8,13-15,17,30H,9-12,27H2. The molecule has 2 aromatic carbocycles. The average Bonchev–Trinajstić information content (AvgIpc) is 3.48. The van der Waals surface area contributed by atoms with Gasteiger partial charge in [0.25, 0.3) is 5.91 Å². The Morgan fingerprint density at radius 3 is 2.66 bits per heavy atom. The van der Waals surface area contributed by atoms with Gasteiger partial charge in [0, 0.05) is 46.7 Å². The number of rotatable bonds is 4. The Hall–Kier alpha value is -3.36. The van der Waals surface area contributed by atoms with Crippen LogP contribution in [0, 0.1) is 0 Å². The highest BCUT2D eigenvalue weighted by atomic mass is 35.5. The van der Waals surface area contributed by atoms with Crippen molar-refractivity contribution in [2.75, 3.05) is 18.4 Å². The van der Waals surface area contributed by atoms with E-state index >= 15 is 0 Å². The number of benzene rings is 2. The molecule has 0 aliphatic carbocycles. The minimum Gasteiger partial charge on any atom is -0.367 e. The second-order valence-electron chi connectivity index (χ2n) is 8.93. The molecule has 1 amide bonds. The first-order chi connectivity index (χ1) is 17.1. The molecule has 9 heteroatoms. The quantitative estimate of drug-likeness (QED) is 0.376. The first kappa shape index (κ1) is 22.1. The molecule has 174 valence electrons. The van der Waals surface area contributed by atoms with Gasteiger partial charge < -0.3 is 10.2 Å². The molecule has 1 N–H and O–H groups in total. The number of aromatic nitrogens is 3. The molecule has 1 aliphatic heterocycles. The largest absolute Gasteiger partial charge is 0.367 e. The first-order valence-corrected chi connectivity index (χ1v) is 12.9. The van der Waals surface area contributed by atoms with E-state index in [9.17, 15) is 4.79 Å². The molecule has 0 bridgehead atoms. The summed E-state index contributed by atoms with van der Waals surface area (Å²) in [5.74, 6) is 1.01. The zero-order chi connectivity index (χ0) is 23.9. The zero-order valence-electron chi connectivity index (χ0n) is 19.2. The first-order valence-electron chi connectivity index (χ1n) is 11.7. The third kappa shape index (κ3) is 4.17. The van der Waals surface area contributed by atoms with Gasteiger partial charge in [0.2, 0.25) is 0 Å². The molecule has 35 heavy (non-hydrogen) atoms. The zero-order valence-corrected chi connectivity index (χ0v) is 20.8. The van der Waals surface area contributed by atoms with Crippen molar-refractivity contribution in [1.82, 2.24) is 19.5 Å². The van der Waals surface area contributed by atoms with E-state index in [1.165, 1.54) is 0 Å². The number of hydrogen-bond donors (Lipinski definition) is 1. The number of piperidine rings is 1. The molecule has 0 atom stereocenters. The van der Waals surface area contributed by atoms with Crippen LogP contribution in [0.1, 0.15) is 22.5 Å². The number of halogens is 1. The number of nitrogens with one attached hydrogen (secondary N) is 1. The molecule has 1 saturated heterocycles. The Labute approximate surface area is 213 Å². The lowest BCUT2D eigenvalue weighted by molar-refractivity contribution is 0.0723. The number of hydrogen-bond acceptors (Lipinski definition) is 5. The second-order valence-corrected chi connectivity index (χ2v) is 10.4. The van der Waals surface area contributed by atoms with Gasteiger partial charge in [0.05, 0.1) is 10.6 Å². The van der Waals surface area contributed by atoms with Gasteiger partial charge in [-0.2, -0.15) is 9.61 Å². The fraction of sp³-hybridized carbons (Fsp3) is 0.192. The van der Waals surface area contributed by atoms with Crippen LogP contribution in [0.5, 0.6) is 0 Å². The van der Waals surface area contributed by atoms with E-state index in [4.69, 9.17) is 16.6 Å². The third-order valence-corrected chi connectivity index (χ3v) is 8.00. The summed E-state index contributed by atoms with van der Waals surface area (Å²) in [6.07, 6.45) is 3.56. The van der Waals surface area contributed by atoms with Gasteiger partial charge in [0.15, 0.2) is 5.65 Å². The summed E-state index contributed by atoms with van der Waals surface area (Å²) in [5, 5.41) is 10.0. The summed E-state index contributed by atoms with van der Waals surface area (Å²) in [5.41, 5.74) is 3.52. The molecular weight excluding hydrogens is 477 g/mol. The number of carbonyl (C=O) groups excluding carboxylic acids is 1. The summed E-state index contributed by atoms with van der Waals surface area (Å²) >= 11 is 8.04. The summed E-state index contributed by atoms with van der Waals surface area (Å²) < 4.78 is 3.00. The topological polar surface area (TPSA) is 62.5 Å². The number of amides is 1. The third-order valence-electron chi connectivity index (χ3n) is 6.57. The van der Waals surface area contributed by atoms with Crippen LogP contribution in [-0.2, 0) is 0 Å². The molecule has 3 aromatic heterocycles. The van der Waals surface area contributed by atoms with E-state index in [0.29, 0.717) is 18.1 Å². The van der Waals surface area contributed by atoms with Gasteiger partial charge in [-0.15, -0.1) is 11.3 Å². The Bertz CT molecular complexity index is 1520. The van der Waals surface area contributed by atoms with E-state index in [0.717, 1.165) is 56.0 Å². The van der Waals surface area contributed by atoms with Crippen molar-refractivity contribution in [2.45, 2.75) is 18.9 Å². The van der Waals surface area contributed by atoms with E-state index in [1.54, 1.807) is 11.3 Å². The van der Waals surface area contributed by atoms with Crippen molar-refractivity contribution >= 4 is 63.7 Å². The summed E-state index contributed by atoms with van der Waals surface area (Å²) in [6, 6.07) is 20.1. The lowest BCUT2D eigenvalue weighted by atomic mass is 10.0. The Morgan fingerprint density at radius 2 is 1.86 bits per heavy atom. The summed E-state index contributed by atoms with van der Waals surface area (Å²) in [6.45, 7) is 1.43. The van der Waals surface area contributed by atoms with Crippen molar-refractivity contribution < 1.29 is 4.79 Å². The lowest BCUT2D eigenvalue weighted by Crippen LogP contribution is -2.42. The SMILES string of the molecule is Bc1cnn2c(NC3CCN(C(=O)c4cc5ccccc5s4)CC3)cc(-c3ccccc3Cl)nc12. The van der Waals surface area contributed by atoms with Crippen molar-refractivity contribution in [3.05, 3.63) is 76.8 Å². The molecule has 0 spiro atoms. The molecule has 4 heterocycles. The maximum atomic E-state index is 13.1. The van der Waals surface area contributed by atoms with E-state index in [-0.39, 0.29) is 11.9 Å². The van der Waals surface area contributed by atoms with Gasteiger partial charge in [-0.25, -0.2) is 4.98 Å². The van der Waals surface area contributed by atoms with Gasteiger partial charge >= 0.3 is 0 Å². The molecule has 0 saturated carbocycles. The van der Waals surface area contributed by atoms with E-state index in [2.05, 4.69) is 22.5 Å². The second kappa shape index (κ2) is 9.02. The van der Waals surface area contributed by atoms with Crippen molar-refractivity contribution in [2.24, 2.45) is 0 Å². The van der Waals surface area contributed by atoms with Crippen molar-refractivity contribution in [3.63, 3.8) is 0 Å². The number of carbonyl (C=O) groups is 1. The van der Waals surface area contributed by atoms with E-state index in [1.807, 2.05) is 72.0 Å². The highest BCUT2D eigenvalue weighted by Gasteiger charge is 2.25. The normalized spacial score (nSPS) is 14.6. The minimum absolute atomic E-state index is 0.125. The summed E-state index contributed by atoms with van der Waals surface area (Å²) in [4.78, 5) is 20.7. The Balaban J connectivity index is 1.21. The summed E-state index contributed by atoms with van der Waals surface area (Å²) in [7, 11) is 2.01. The van der Waals surface area contributed by atoms with Gasteiger partial charge in [-0.05, 0) is 41.9 Å². The van der Waals surface area contributed by atoms with Gasteiger partial charge in [-0.1, -0.05) is 48.0 Å². The van der Waals surface area contributed by atoms with Crippen molar-refractivity contribution in [1.29, 1.82) is 0 Å². The van der Waals surface area contributed by atoms with E-state index < -0.39 is 0 Å². The van der Waals surface area contributed by atoms with Crippen LogP contribution in [0.4, 0.5) is 5.82 Å². The highest BCUT2D eigenvalue weighted by Crippen LogP contribution is 2.30. The number of anilines is 1. The lowest BCUT2D eigenvalue weighted by Gasteiger charge is -2.32. The number of nitrogens with zero attached hydrogens (tertiary/aromatic N) is 4. The van der Waals surface area contributed by atoms with Gasteiger partial charge in [0.1, 0.15) is 13.7 Å². The molecule has 1 aliphatic rings. The van der Waals surface area contributed by atoms with Crippen LogP contribution in [-0.4, -0.2) is 52.4 Å². The highest BCUT2D eigenvalue weighted by molar-refractivity contribution is 7.20. The molecule has 0 unspecified atom stereocenters. The Morgan fingerprint density at radius 1 is 1.09 bits per heavy atom. The van der Waals surface area contributed by atoms with Crippen molar-refractivity contribution in [3.8, 4) is 11.3 Å². The monoisotopic (exact) mass is 499 g/mol. The van der Waals surface area contributed by atoms with Crippen LogP contribution in [0.25, 0.3) is 27.0 Å². The predicted octanol–water partition coefficient (Wildman–Crippen LogP) is 4.24. The molecule has 1 fully saturated rings. The number of thiophene rings is 1. The number of likely N-dealkylation sites (tertiary alicyclic amines) is 1. The molecule has 0 radical (unpaired) electrons. The van der Waals surface area contributed by atoms with Crippen LogP contribution in [0.15, 0.2) is 66.9 Å². The molecule has 6 nitrogen and oxygen atoms in total. The smallest absolute Gasteiger partial charge is 0.263 e. The number of fused-ring (bicyclic) bond motifs is 2. The van der Waals surface area contributed by atoms with Gasteiger partial charge in [-0.3, -0.25) is 4.79 Å². The molecular formula is C26H23BClN5OS. The predicted molar refractivity (Wildman–Crippen MR) is 146 cm³/mol. The van der Waals surface area contributed by atoms with Crippen LogP contribution >= 0.6 is 22.9 Å². The molecule has 6 rings (SSSR count). The maximum absolute atomic E-state index is 13.1. The van der Waals surface area contributed by atoms with Crippen LogP contribution < -0.4 is 10.8 Å². The van der Waals surface area contributed by atoms with Crippen LogP contribution in [0.2, 0.25) is 5.02 Å². The fourth-order valence-corrected chi connectivity index (χ4v) is 5.92. The fourth-order valence-electron chi connectivity index (χ4n) is 4.66. The van der Waals surface area contributed by atoms with Crippen LogP contribution in [0.3, 0.4) is 0 Å². The minimum atomic E-state index is 0.125.